The highest BCUT2D eigenvalue weighted by Crippen LogP contribution is 2.27. The lowest BCUT2D eigenvalue weighted by atomic mass is 10.1. The van der Waals surface area contributed by atoms with E-state index >= 15 is 0 Å². The summed E-state index contributed by atoms with van der Waals surface area (Å²) in [4.78, 5) is 11.7. The summed E-state index contributed by atoms with van der Waals surface area (Å²) in [6.07, 6.45) is 1.46. The normalized spacial score (nSPS) is 10.3. The molecular formula is C14H14ClNO3. The molecule has 1 heterocycles. The zero-order valence-corrected chi connectivity index (χ0v) is 11.5. The minimum absolute atomic E-state index is 0.253. The first-order valence-corrected chi connectivity index (χ1v) is 6.14. The van der Waals surface area contributed by atoms with Crippen LogP contribution in [0.25, 0.3) is 0 Å². The number of methoxy groups -OCH3 is 1. The standard InChI is InChI=1S/C14H14ClNO3/c1-9-6-13(18-2)11(15)7-10(9)8-16-14(17)12-4-3-5-19-12/h3-7H,8H2,1-2H3,(H,16,17). The van der Waals surface area contributed by atoms with Gasteiger partial charge in [-0.25, -0.2) is 0 Å². The summed E-state index contributed by atoms with van der Waals surface area (Å²) in [5.74, 6) is 0.661. The second-order valence-corrected chi connectivity index (χ2v) is 4.48. The summed E-state index contributed by atoms with van der Waals surface area (Å²) >= 11 is 6.06. The van der Waals surface area contributed by atoms with E-state index < -0.39 is 0 Å². The van der Waals surface area contributed by atoms with Gasteiger partial charge in [0.25, 0.3) is 5.91 Å². The predicted molar refractivity (Wildman–Crippen MR) is 72.6 cm³/mol. The molecule has 0 aliphatic carbocycles. The van der Waals surface area contributed by atoms with Crippen molar-refractivity contribution in [1.29, 1.82) is 0 Å². The number of halogens is 1. The topological polar surface area (TPSA) is 51.5 Å². The number of benzene rings is 1. The smallest absolute Gasteiger partial charge is 0.287 e. The van der Waals surface area contributed by atoms with Crippen molar-refractivity contribution < 1.29 is 13.9 Å². The van der Waals surface area contributed by atoms with Gasteiger partial charge in [-0.05, 0) is 42.3 Å². The Labute approximate surface area is 116 Å². The van der Waals surface area contributed by atoms with E-state index in [0.29, 0.717) is 17.3 Å². The quantitative estimate of drug-likeness (QED) is 0.935. The Morgan fingerprint density at radius 1 is 1.47 bits per heavy atom. The molecule has 0 unspecified atom stereocenters. The molecule has 2 aromatic rings. The minimum atomic E-state index is -0.253. The van der Waals surface area contributed by atoms with Crippen LogP contribution in [0.1, 0.15) is 21.7 Å². The second kappa shape index (κ2) is 5.80. The fraction of sp³-hybridized carbons (Fsp3) is 0.214. The first kappa shape index (κ1) is 13.5. The van der Waals surface area contributed by atoms with E-state index in [0.717, 1.165) is 11.1 Å². The highest BCUT2D eigenvalue weighted by atomic mass is 35.5. The van der Waals surface area contributed by atoms with Gasteiger partial charge in [-0.3, -0.25) is 4.79 Å². The molecule has 0 radical (unpaired) electrons. The van der Waals surface area contributed by atoms with E-state index in [1.807, 2.05) is 13.0 Å². The lowest BCUT2D eigenvalue weighted by Gasteiger charge is -2.10. The lowest BCUT2D eigenvalue weighted by molar-refractivity contribution is 0.0923. The van der Waals surface area contributed by atoms with Gasteiger partial charge in [-0.15, -0.1) is 0 Å². The van der Waals surface area contributed by atoms with Crippen LogP contribution in [0.15, 0.2) is 34.9 Å². The average molecular weight is 280 g/mol. The summed E-state index contributed by atoms with van der Waals surface area (Å²) in [6.45, 7) is 2.32. The van der Waals surface area contributed by atoms with Crippen LogP contribution in [-0.4, -0.2) is 13.0 Å². The third-order valence-electron chi connectivity index (χ3n) is 2.79. The largest absolute Gasteiger partial charge is 0.495 e. The molecule has 0 spiro atoms. The molecule has 4 nitrogen and oxygen atoms in total. The molecule has 100 valence electrons. The Balaban J connectivity index is 2.08. The van der Waals surface area contributed by atoms with Crippen molar-refractivity contribution in [2.24, 2.45) is 0 Å². The van der Waals surface area contributed by atoms with Crippen LogP contribution in [0.3, 0.4) is 0 Å². The summed E-state index contributed by atoms with van der Waals surface area (Å²) in [5, 5.41) is 3.30. The van der Waals surface area contributed by atoms with Crippen molar-refractivity contribution >= 4 is 17.5 Å². The number of nitrogens with one attached hydrogen (secondary N) is 1. The fourth-order valence-electron chi connectivity index (χ4n) is 1.71. The third kappa shape index (κ3) is 3.09. The maximum absolute atomic E-state index is 11.7. The van der Waals surface area contributed by atoms with Crippen LogP contribution >= 0.6 is 11.6 Å². The molecule has 1 aromatic carbocycles. The van der Waals surface area contributed by atoms with Crippen LogP contribution in [0.4, 0.5) is 0 Å². The van der Waals surface area contributed by atoms with Gasteiger partial charge in [-0.1, -0.05) is 11.6 Å². The molecule has 0 saturated carbocycles. The Hall–Kier alpha value is -1.94. The number of ether oxygens (including phenoxy) is 1. The highest BCUT2D eigenvalue weighted by Gasteiger charge is 2.10. The van der Waals surface area contributed by atoms with Gasteiger partial charge in [0.1, 0.15) is 5.75 Å². The fourth-order valence-corrected chi connectivity index (χ4v) is 1.98. The number of aryl methyl sites for hydroxylation is 1. The van der Waals surface area contributed by atoms with Crippen molar-refractivity contribution in [3.63, 3.8) is 0 Å². The van der Waals surface area contributed by atoms with E-state index in [1.165, 1.54) is 6.26 Å². The maximum Gasteiger partial charge on any atom is 0.287 e. The second-order valence-electron chi connectivity index (χ2n) is 4.07. The molecule has 0 saturated heterocycles. The molecule has 0 atom stereocenters. The third-order valence-corrected chi connectivity index (χ3v) is 3.09. The highest BCUT2D eigenvalue weighted by molar-refractivity contribution is 6.32. The van der Waals surface area contributed by atoms with Gasteiger partial charge in [-0.2, -0.15) is 0 Å². The van der Waals surface area contributed by atoms with Gasteiger partial charge in [0, 0.05) is 6.54 Å². The van der Waals surface area contributed by atoms with E-state index in [-0.39, 0.29) is 11.7 Å². The Morgan fingerprint density at radius 2 is 2.26 bits per heavy atom. The molecule has 0 bridgehead atoms. The lowest BCUT2D eigenvalue weighted by Crippen LogP contribution is -2.22. The molecule has 2 rings (SSSR count). The maximum atomic E-state index is 11.7. The zero-order valence-electron chi connectivity index (χ0n) is 10.7. The number of carbonyl (C=O) groups excluding carboxylic acids is 1. The predicted octanol–water partition coefficient (Wildman–Crippen LogP) is 3.18. The van der Waals surface area contributed by atoms with Crippen molar-refractivity contribution in [2.45, 2.75) is 13.5 Å². The van der Waals surface area contributed by atoms with Gasteiger partial charge >= 0.3 is 0 Å². The van der Waals surface area contributed by atoms with Crippen molar-refractivity contribution in [2.75, 3.05) is 7.11 Å². The first-order valence-electron chi connectivity index (χ1n) is 5.76. The average Bonchev–Trinajstić information content (AvgIpc) is 2.93. The summed E-state index contributed by atoms with van der Waals surface area (Å²) < 4.78 is 10.1. The molecule has 5 heteroatoms. The Bertz CT molecular complexity index is 579. The van der Waals surface area contributed by atoms with Crippen molar-refractivity contribution in [3.05, 3.63) is 52.4 Å². The SMILES string of the molecule is COc1cc(C)c(CNC(=O)c2ccco2)cc1Cl. The van der Waals surface area contributed by atoms with E-state index in [1.54, 1.807) is 25.3 Å². The number of carbonyl (C=O) groups is 1. The molecule has 1 N–H and O–H groups in total. The number of rotatable bonds is 4. The van der Waals surface area contributed by atoms with Gasteiger partial charge in [0.05, 0.1) is 18.4 Å². The molecule has 0 fully saturated rings. The first-order chi connectivity index (χ1) is 9.11. The molecule has 0 aliphatic rings. The number of hydrogen-bond donors (Lipinski definition) is 1. The monoisotopic (exact) mass is 279 g/mol. The number of furan rings is 1. The minimum Gasteiger partial charge on any atom is -0.495 e. The molecule has 1 aromatic heterocycles. The van der Waals surface area contributed by atoms with Crippen molar-refractivity contribution in [1.82, 2.24) is 5.32 Å². The number of hydrogen-bond acceptors (Lipinski definition) is 3. The zero-order chi connectivity index (χ0) is 13.8. The van der Waals surface area contributed by atoms with Crippen LogP contribution in [0.5, 0.6) is 5.75 Å². The summed E-state index contributed by atoms with van der Waals surface area (Å²) in [6, 6.07) is 6.92. The van der Waals surface area contributed by atoms with Crippen LogP contribution in [0.2, 0.25) is 5.02 Å². The van der Waals surface area contributed by atoms with Gasteiger partial charge in [0.2, 0.25) is 0 Å². The molecule has 1 amide bonds. The summed E-state index contributed by atoms with van der Waals surface area (Å²) in [5.41, 5.74) is 1.94. The van der Waals surface area contributed by atoms with Gasteiger partial charge in [0.15, 0.2) is 5.76 Å². The van der Waals surface area contributed by atoms with Crippen molar-refractivity contribution in [3.8, 4) is 5.75 Å². The van der Waals surface area contributed by atoms with Crippen LogP contribution in [0, 0.1) is 6.92 Å². The van der Waals surface area contributed by atoms with E-state index in [2.05, 4.69) is 5.32 Å². The Kier molecular flexibility index (Phi) is 4.12. The number of amides is 1. The Morgan fingerprint density at radius 3 is 2.89 bits per heavy atom. The molecular weight excluding hydrogens is 266 g/mol. The van der Waals surface area contributed by atoms with Gasteiger partial charge < -0.3 is 14.5 Å². The van der Waals surface area contributed by atoms with E-state index in [9.17, 15) is 4.79 Å². The van der Waals surface area contributed by atoms with Crippen LogP contribution < -0.4 is 10.1 Å². The van der Waals surface area contributed by atoms with Crippen LogP contribution in [-0.2, 0) is 6.54 Å². The summed E-state index contributed by atoms with van der Waals surface area (Å²) in [7, 11) is 1.57. The molecule has 19 heavy (non-hydrogen) atoms. The molecule has 0 aliphatic heterocycles. The van der Waals surface area contributed by atoms with E-state index in [4.69, 9.17) is 20.8 Å².